The topological polar surface area (TPSA) is 21.3 Å². The third-order valence-corrected chi connectivity index (χ3v) is 1.91. The molecule has 0 saturated heterocycles. The summed E-state index contributed by atoms with van der Waals surface area (Å²) >= 11 is 0. The maximum atomic E-state index is 5.06. The van der Waals surface area contributed by atoms with Crippen molar-refractivity contribution in [1.29, 1.82) is 0 Å². The zero-order valence-electron chi connectivity index (χ0n) is 10.3. The summed E-state index contributed by atoms with van der Waals surface area (Å²) in [5.74, 6) is 0. The van der Waals surface area contributed by atoms with E-state index in [-0.39, 0.29) is 5.54 Å². The first-order chi connectivity index (χ1) is 6.27. The summed E-state index contributed by atoms with van der Waals surface area (Å²) in [7, 11) is 0. The Hall–Kier alpha value is -0.500. The van der Waals surface area contributed by atoms with Crippen LogP contribution in [0.15, 0.2) is 12.8 Å². The van der Waals surface area contributed by atoms with Crippen molar-refractivity contribution < 1.29 is 4.74 Å². The molecule has 0 saturated carbocycles. The van der Waals surface area contributed by atoms with E-state index in [1.54, 1.807) is 0 Å². The van der Waals surface area contributed by atoms with Crippen LogP contribution in [-0.2, 0) is 4.74 Å². The zero-order valence-corrected chi connectivity index (χ0v) is 10.3. The van der Waals surface area contributed by atoms with Gasteiger partial charge in [-0.05, 0) is 25.7 Å². The third-order valence-electron chi connectivity index (χ3n) is 1.91. The van der Waals surface area contributed by atoms with Crippen molar-refractivity contribution in [2.45, 2.75) is 46.6 Å². The van der Waals surface area contributed by atoms with Crippen molar-refractivity contribution >= 4 is 0 Å². The second-order valence-corrected chi connectivity index (χ2v) is 5.59. The SMILES string of the molecule is C=COCCNC(C)(C)CC(C)(C)C. The van der Waals surface area contributed by atoms with E-state index in [2.05, 4.69) is 46.5 Å². The van der Waals surface area contributed by atoms with Crippen molar-refractivity contribution in [3.8, 4) is 0 Å². The molecule has 2 heteroatoms. The molecule has 0 bridgehead atoms. The van der Waals surface area contributed by atoms with Gasteiger partial charge >= 0.3 is 0 Å². The van der Waals surface area contributed by atoms with Gasteiger partial charge in [-0.2, -0.15) is 0 Å². The summed E-state index contributed by atoms with van der Waals surface area (Å²) in [6.45, 7) is 16.3. The predicted octanol–water partition coefficient (Wildman–Crippen LogP) is 2.95. The van der Waals surface area contributed by atoms with Gasteiger partial charge in [0.05, 0.1) is 12.9 Å². The van der Waals surface area contributed by atoms with Crippen molar-refractivity contribution in [2.75, 3.05) is 13.2 Å². The predicted molar refractivity (Wildman–Crippen MR) is 62.3 cm³/mol. The summed E-state index contributed by atoms with van der Waals surface area (Å²) in [5, 5.41) is 3.48. The number of hydrogen-bond acceptors (Lipinski definition) is 2. The van der Waals surface area contributed by atoms with Gasteiger partial charge < -0.3 is 10.1 Å². The summed E-state index contributed by atoms with van der Waals surface area (Å²) in [6, 6.07) is 0. The molecule has 0 spiro atoms. The van der Waals surface area contributed by atoms with Crippen LogP contribution in [0, 0.1) is 5.41 Å². The van der Waals surface area contributed by atoms with Gasteiger partial charge in [-0.3, -0.25) is 0 Å². The van der Waals surface area contributed by atoms with E-state index in [0.717, 1.165) is 13.0 Å². The maximum Gasteiger partial charge on any atom is 0.0997 e. The number of ether oxygens (including phenoxy) is 1. The normalized spacial score (nSPS) is 12.6. The molecule has 0 aliphatic rings. The Morgan fingerprint density at radius 1 is 1.21 bits per heavy atom. The number of nitrogens with one attached hydrogen (secondary N) is 1. The molecule has 1 N–H and O–H groups in total. The van der Waals surface area contributed by atoms with Gasteiger partial charge in [0.15, 0.2) is 0 Å². The fourth-order valence-corrected chi connectivity index (χ4v) is 1.92. The van der Waals surface area contributed by atoms with Gasteiger partial charge in [-0.1, -0.05) is 27.4 Å². The van der Waals surface area contributed by atoms with Crippen molar-refractivity contribution in [2.24, 2.45) is 5.41 Å². The molecule has 0 aliphatic heterocycles. The lowest BCUT2D eigenvalue weighted by atomic mass is 9.82. The van der Waals surface area contributed by atoms with Crippen LogP contribution in [0.3, 0.4) is 0 Å². The monoisotopic (exact) mass is 199 g/mol. The molecule has 0 fully saturated rings. The van der Waals surface area contributed by atoms with Crippen molar-refractivity contribution in [3.63, 3.8) is 0 Å². The molecule has 0 heterocycles. The molecule has 2 nitrogen and oxygen atoms in total. The molecular formula is C12H25NO. The summed E-state index contributed by atoms with van der Waals surface area (Å²) in [5.41, 5.74) is 0.526. The Bertz CT molecular complexity index is 168. The van der Waals surface area contributed by atoms with Gasteiger partial charge in [-0.15, -0.1) is 0 Å². The molecule has 0 aliphatic carbocycles. The summed E-state index contributed by atoms with van der Waals surface area (Å²) < 4.78 is 5.06. The first-order valence-electron chi connectivity index (χ1n) is 5.24. The second kappa shape index (κ2) is 5.40. The quantitative estimate of drug-likeness (QED) is 0.524. The van der Waals surface area contributed by atoms with Crippen molar-refractivity contribution in [1.82, 2.24) is 5.32 Å². The van der Waals surface area contributed by atoms with E-state index < -0.39 is 0 Å². The molecule has 0 unspecified atom stereocenters. The highest BCUT2D eigenvalue weighted by molar-refractivity contribution is 4.82. The molecule has 0 aromatic carbocycles. The Morgan fingerprint density at radius 2 is 1.79 bits per heavy atom. The molecule has 84 valence electrons. The van der Waals surface area contributed by atoms with E-state index in [4.69, 9.17) is 4.74 Å². The molecule has 0 atom stereocenters. The first-order valence-corrected chi connectivity index (χ1v) is 5.24. The lowest BCUT2D eigenvalue weighted by molar-refractivity contribution is 0.203. The average Bonchev–Trinajstić information content (AvgIpc) is 1.93. The van der Waals surface area contributed by atoms with Gasteiger partial charge in [0.2, 0.25) is 0 Å². The molecule has 14 heavy (non-hydrogen) atoms. The maximum absolute atomic E-state index is 5.06. The van der Waals surface area contributed by atoms with Gasteiger partial charge in [0.25, 0.3) is 0 Å². The fourth-order valence-electron chi connectivity index (χ4n) is 1.92. The highest BCUT2D eigenvalue weighted by Crippen LogP contribution is 2.26. The van der Waals surface area contributed by atoms with Crippen LogP contribution < -0.4 is 5.32 Å². The molecule has 0 rings (SSSR count). The highest BCUT2D eigenvalue weighted by Gasteiger charge is 2.24. The van der Waals surface area contributed by atoms with E-state index in [1.165, 1.54) is 6.26 Å². The van der Waals surface area contributed by atoms with Gasteiger partial charge in [0, 0.05) is 12.1 Å². The molecule has 0 aromatic rings. The van der Waals surface area contributed by atoms with E-state index in [0.29, 0.717) is 12.0 Å². The first kappa shape index (κ1) is 13.5. The van der Waals surface area contributed by atoms with Gasteiger partial charge in [-0.25, -0.2) is 0 Å². The summed E-state index contributed by atoms with van der Waals surface area (Å²) in [6.07, 6.45) is 2.63. The fraction of sp³-hybridized carbons (Fsp3) is 0.833. The molecular weight excluding hydrogens is 174 g/mol. The minimum absolute atomic E-state index is 0.169. The number of hydrogen-bond donors (Lipinski definition) is 1. The van der Waals surface area contributed by atoms with Crippen LogP contribution in [0.2, 0.25) is 0 Å². The average molecular weight is 199 g/mol. The van der Waals surface area contributed by atoms with Crippen LogP contribution in [0.25, 0.3) is 0 Å². The Balaban J connectivity index is 3.77. The van der Waals surface area contributed by atoms with Crippen LogP contribution in [0.4, 0.5) is 0 Å². The minimum atomic E-state index is 0.169. The van der Waals surface area contributed by atoms with Crippen LogP contribution in [0.1, 0.15) is 41.0 Å². The standard InChI is InChI=1S/C12H25NO/c1-7-14-9-8-13-12(5,6)10-11(2,3)4/h7,13H,1,8-10H2,2-6H3. The molecule has 0 radical (unpaired) electrons. The van der Waals surface area contributed by atoms with Crippen LogP contribution in [0.5, 0.6) is 0 Å². The van der Waals surface area contributed by atoms with E-state index in [9.17, 15) is 0 Å². The van der Waals surface area contributed by atoms with Gasteiger partial charge in [0.1, 0.15) is 0 Å². The summed E-state index contributed by atoms with van der Waals surface area (Å²) in [4.78, 5) is 0. The Kier molecular flexibility index (Phi) is 5.21. The van der Waals surface area contributed by atoms with Crippen molar-refractivity contribution in [3.05, 3.63) is 12.8 Å². The smallest absolute Gasteiger partial charge is 0.0997 e. The van der Waals surface area contributed by atoms with E-state index in [1.807, 2.05) is 0 Å². The highest BCUT2D eigenvalue weighted by atomic mass is 16.5. The minimum Gasteiger partial charge on any atom is -0.500 e. The lowest BCUT2D eigenvalue weighted by Crippen LogP contribution is -2.43. The molecule has 0 aromatic heterocycles. The largest absolute Gasteiger partial charge is 0.500 e. The van der Waals surface area contributed by atoms with E-state index >= 15 is 0 Å². The number of rotatable bonds is 6. The Labute approximate surface area is 88.7 Å². The lowest BCUT2D eigenvalue weighted by Gasteiger charge is -2.33. The third kappa shape index (κ3) is 8.11. The van der Waals surface area contributed by atoms with Crippen LogP contribution in [-0.4, -0.2) is 18.7 Å². The zero-order chi connectivity index (χ0) is 11.2. The molecule has 0 amide bonds. The van der Waals surface area contributed by atoms with Crippen LogP contribution >= 0.6 is 0 Å². The second-order valence-electron chi connectivity index (χ2n) is 5.59. The Morgan fingerprint density at radius 3 is 2.21 bits per heavy atom.